The maximum Gasteiger partial charge on any atom is 0.190 e. The predicted molar refractivity (Wildman–Crippen MR) is 226 cm³/mol. The quantitative estimate of drug-likeness (QED) is 0.0391. The molecule has 0 radical (unpaired) electrons. The molecule has 0 aromatic carbocycles. The van der Waals surface area contributed by atoms with E-state index in [1.165, 1.54) is 122 Å². The van der Waals surface area contributed by atoms with Gasteiger partial charge in [0, 0.05) is 13.2 Å². The monoisotopic (exact) mass is 739 g/mol. The van der Waals surface area contributed by atoms with Crippen LogP contribution in [-0.4, -0.2) is 49.0 Å². The van der Waals surface area contributed by atoms with E-state index in [1.807, 2.05) is 6.26 Å². The van der Waals surface area contributed by atoms with Gasteiger partial charge in [-0.3, -0.25) is 0 Å². The Kier molecular flexibility index (Phi) is 32.2. The van der Waals surface area contributed by atoms with Crippen molar-refractivity contribution in [2.45, 2.75) is 260 Å². The first-order chi connectivity index (χ1) is 24.8. The van der Waals surface area contributed by atoms with Crippen molar-refractivity contribution in [1.82, 2.24) is 0 Å². The largest absolute Gasteiger partial charge is 0.495 e. The minimum Gasteiger partial charge on any atom is -0.495 e. The van der Waals surface area contributed by atoms with Crippen molar-refractivity contribution in [2.24, 2.45) is 10.8 Å². The highest BCUT2D eigenvalue weighted by Crippen LogP contribution is 2.36. The van der Waals surface area contributed by atoms with Crippen molar-refractivity contribution in [3.8, 4) is 0 Å². The SMILES string of the molecule is CCC=COC(CCCCCCCC)C(CCC)(OCC(C)O)C(OCCCCCCCCCC(C)(C)C)OCCCCCCCCCC(C)(C)C. The van der Waals surface area contributed by atoms with Gasteiger partial charge in [-0.25, -0.2) is 0 Å². The van der Waals surface area contributed by atoms with Crippen LogP contribution in [0.5, 0.6) is 0 Å². The average molecular weight is 739 g/mol. The van der Waals surface area contributed by atoms with E-state index in [-0.39, 0.29) is 12.7 Å². The van der Waals surface area contributed by atoms with Gasteiger partial charge in [-0.2, -0.15) is 0 Å². The van der Waals surface area contributed by atoms with Crippen molar-refractivity contribution in [3.05, 3.63) is 12.3 Å². The third-order valence-electron chi connectivity index (χ3n) is 10.3. The van der Waals surface area contributed by atoms with Gasteiger partial charge in [0.15, 0.2) is 11.9 Å². The topological polar surface area (TPSA) is 57.2 Å². The van der Waals surface area contributed by atoms with Crippen molar-refractivity contribution in [3.63, 3.8) is 0 Å². The fourth-order valence-corrected chi connectivity index (χ4v) is 7.11. The molecule has 0 saturated heterocycles. The second-order valence-electron chi connectivity index (χ2n) is 18.5. The van der Waals surface area contributed by atoms with Crippen LogP contribution in [0.25, 0.3) is 0 Å². The first-order valence-electron chi connectivity index (χ1n) is 22.7. The summed E-state index contributed by atoms with van der Waals surface area (Å²) in [5.74, 6) is 0. The van der Waals surface area contributed by atoms with Crippen LogP contribution in [0.3, 0.4) is 0 Å². The second kappa shape index (κ2) is 32.6. The van der Waals surface area contributed by atoms with E-state index in [0.717, 1.165) is 44.9 Å². The minimum atomic E-state index is -0.798. The Balaban J connectivity index is 5.68. The maximum atomic E-state index is 10.5. The normalized spacial score (nSPS) is 15.1. The molecule has 3 unspecified atom stereocenters. The average Bonchev–Trinajstić information content (AvgIpc) is 3.07. The lowest BCUT2D eigenvalue weighted by Crippen LogP contribution is -2.57. The van der Waals surface area contributed by atoms with Crippen LogP contribution in [0.2, 0.25) is 0 Å². The van der Waals surface area contributed by atoms with Crippen molar-refractivity contribution in [1.29, 1.82) is 0 Å². The third kappa shape index (κ3) is 29.7. The van der Waals surface area contributed by atoms with Crippen LogP contribution in [0.15, 0.2) is 12.3 Å². The zero-order valence-electron chi connectivity index (χ0n) is 37.0. The summed E-state index contributed by atoms with van der Waals surface area (Å²) in [6, 6.07) is 0. The molecule has 0 aliphatic heterocycles. The second-order valence-corrected chi connectivity index (χ2v) is 18.5. The summed E-state index contributed by atoms with van der Waals surface area (Å²) in [4.78, 5) is 0. The molecule has 0 bridgehead atoms. The Labute approximate surface area is 326 Å². The molecule has 0 saturated carbocycles. The number of hydrogen-bond acceptors (Lipinski definition) is 5. The highest BCUT2D eigenvalue weighted by molar-refractivity contribution is 4.95. The highest BCUT2D eigenvalue weighted by atomic mass is 16.7. The summed E-state index contributed by atoms with van der Waals surface area (Å²) < 4.78 is 27.0. The standard InChI is InChI=1S/C47H94O5/c1-11-14-16-17-24-29-34-43(49-38-15-12-2)47(35-13-3,52-41-42(4)48)44(50-39-32-27-22-18-20-25-30-36-45(5,6)7)51-40-33-28-23-19-21-26-31-37-46(8,9)10/h15,38,42-44,48H,11-14,16-37,39-41H2,1-10H3. The van der Waals surface area contributed by atoms with Crippen LogP contribution in [0.1, 0.15) is 236 Å². The first-order valence-corrected chi connectivity index (χ1v) is 22.7. The summed E-state index contributed by atoms with van der Waals surface area (Å²) >= 11 is 0. The summed E-state index contributed by atoms with van der Waals surface area (Å²) in [7, 11) is 0. The predicted octanol–water partition coefficient (Wildman–Crippen LogP) is 14.7. The van der Waals surface area contributed by atoms with Crippen LogP contribution in [0.4, 0.5) is 0 Å². The summed E-state index contributed by atoms with van der Waals surface area (Å²) in [6.45, 7) is 24.0. The molecule has 0 spiro atoms. The molecular weight excluding hydrogens is 645 g/mol. The van der Waals surface area contributed by atoms with E-state index in [1.54, 1.807) is 6.92 Å². The number of allylic oxidation sites excluding steroid dienone is 1. The smallest absolute Gasteiger partial charge is 0.190 e. The number of aliphatic hydroxyl groups is 1. The zero-order chi connectivity index (χ0) is 39.0. The zero-order valence-corrected chi connectivity index (χ0v) is 37.0. The Hall–Kier alpha value is -0.620. The van der Waals surface area contributed by atoms with Crippen LogP contribution in [-0.2, 0) is 18.9 Å². The molecule has 3 atom stereocenters. The van der Waals surface area contributed by atoms with Gasteiger partial charge in [0.25, 0.3) is 0 Å². The van der Waals surface area contributed by atoms with Gasteiger partial charge >= 0.3 is 0 Å². The van der Waals surface area contributed by atoms with Gasteiger partial charge in [-0.05, 0) is 69.1 Å². The molecule has 5 heteroatoms. The van der Waals surface area contributed by atoms with E-state index in [2.05, 4.69) is 68.4 Å². The Morgan fingerprint density at radius 1 is 0.538 bits per heavy atom. The molecular formula is C47H94O5. The van der Waals surface area contributed by atoms with Crippen molar-refractivity contribution >= 4 is 0 Å². The molecule has 5 nitrogen and oxygen atoms in total. The summed E-state index contributed by atoms with van der Waals surface area (Å²) in [6.07, 6.45) is 33.6. The van der Waals surface area contributed by atoms with Gasteiger partial charge in [0.2, 0.25) is 0 Å². The number of rotatable bonds is 37. The molecule has 0 amide bonds. The van der Waals surface area contributed by atoms with E-state index in [9.17, 15) is 5.11 Å². The molecule has 0 rings (SSSR count). The van der Waals surface area contributed by atoms with Crippen LogP contribution < -0.4 is 0 Å². The molecule has 0 aliphatic rings. The number of unbranched alkanes of at least 4 members (excludes halogenated alkanes) is 17. The number of aliphatic hydroxyl groups excluding tert-OH is 1. The summed E-state index contributed by atoms with van der Waals surface area (Å²) in [5, 5.41) is 10.5. The molecule has 0 aliphatic carbocycles. The van der Waals surface area contributed by atoms with Crippen LogP contribution in [0, 0.1) is 10.8 Å². The van der Waals surface area contributed by atoms with Crippen LogP contribution >= 0.6 is 0 Å². The van der Waals surface area contributed by atoms with Gasteiger partial charge in [0.1, 0.15) is 6.10 Å². The van der Waals surface area contributed by atoms with Crippen molar-refractivity contribution in [2.75, 3.05) is 19.8 Å². The van der Waals surface area contributed by atoms with Gasteiger partial charge < -0.3 is 24.1 Å². The highest BCUT2D eigenvalue weighted by Gasteiger charge is 2.49. The maximum absolute atomic E-state index is 10.5. The van der Waals surface area contributed by atoms with E-state index >= 15 is 0 Å². The Morgan fingerprint density at radius 2 is 0.981 bits per heavy atom. The van der Waals surface area contributed by atoms with E-state index < -0.39 is 18.0 Å². The first kappa shape index (κ1) is 51.4. The molecule has 0 aromatic rings. The fraction of sp³-hybridized carbons (Fsp3) is 0.957. The Morgan fingerprint density at radius 3 is 1.40 bits per heavy atom. The number of hydrogen-bond donors (Lipinski definition) is 1. The Bertz CT molecular complexity index is 748. The van der Waals surface area contributed by atoms with E-state index in [0.29, 0.717) is 24.0 Å². The fourth-order valence-electron chi connectivity index (χ4n) is 7.11. The number of ether oxygens (including phenoxy) is 4. The molecule has 0 aromatic heterocycles. The molecule has 0 heterocycles. The molecule has 312 valence electrons. The lowest BCUT2D eigenvalue weighted by atomic mass is 9.86. The van der Waals surface area contributed by atoms with Gasteiger partial charge in [-0.15, -0.1) is 0 Å². The van der Waals surface area contributed by atoms with Crippen molar-refractivity contribution < 1.29 is 24.1 Å². The van der Waals surface area contributed by atoms with Gasteiger partial charge in [0.05, 0.1) is 19.0 Å². The minimum absolute atomic E-state index is 0.216. The molecule has 52 heavy (non-hydrogen) atoms. The lowest BCUT2D eigenvalue weighted by molar-refractivity contribution is -0.291. The summed E-state index contributed by atoms with van der Waals surface area (Å²) in [5.41, 5.74) is 0.0878. The molecule has 1 N–H and O–H groups in total. The lowest BCUT2D eigenvalue weighted by Gasteiger charge is -2.45. The van der Waals surface area contributed by atoms with Gasteiger partial charge in [-0.1, -0.05) is 184 Å². The van der Waals surface area contributed by atoms with E-state index in [4.69, 9.17) is 18.9 Å². The third-order valence-corrected chi connectivity index (χ3v) is 10.3. The molecule has 0 fully saturated rings.